The number of hydrogen-bond donors (Lipinski definition) is 0. The van der Waals surface area contributed by atoms with Gasteiger partial charge in [-0.25, -0.2) is 14.4 Å². The number of rotatable bonds is 4. The van der Waals surface area contributed by atoms with E-state index in [-0.39, 0.29) is 23.3 Å². The Bertz CT molecular complexity index is 604. The molecule has 2 aromatic rings. The van der Waals surface area contributed by atoms with Crippen LogP contribution in [0.2, 0.25) is 0 Å². The lowest BCUT2D eigenvalue weighted by Crippen LogP contribution is -2.13. The lowest BCUT2D eigenvalue weighted by atomic mass is 10.2. The first-order chi connectivity index (χ1) is 9.08. The molecule has 1 aromatic carbocycles. The fourth-order valence-corrected chi connectivity index (χ4v) is 2.33. The number of halogens is 1. The molecular weight excluding hydrogens is 267 g/mol. The van der Waals surface area contributed by atoms with E-state index in [2.05, 4.69) is 9.97 Å². The Balaban J connectivity index is 2.17. The highest BCUT2D eigenvalue weighted by Gasteiger charge is 2.11. The molecule has 6 heteroatoms. The number of fused-ring (bicyclic) bond motifs is 1. The van der Waals surface area contributed by atoms with E-state index < -0.39 is 5.82 Å². The predicted octanol–water partition coefficient (Wildman–Crippen LogP) is 2.81. The van der Waals surface area contributed by atoms with Crippen LogP contribution in [0.3, 0.4) is 0 Å². The predicted molar refractivity (Wildman–Crippen MR) is 71.4 cm³/mol. The average Bonchev–Trinajstić information content (AvgIpc) is 2.36. The number of thioether (sulfide) groups is 1. The molecule has 0 aliphatic heterocycles. The number of para-hydroxylation sites is 1. The molecule has 0 amide bonds. The van der Waals surface area contributed by atoms with Crippen LogP contribution in [0.25, 0.3) is 10.9 Å². The van der Waals surface area contributed by atoms with Crippen LogP contribution >= 0.6 is 11.8 Å². The van der Waals surface area contributed by atoms with Crippen molar-refractivity contribution in [2.75, 3.05) is 5.75 Å². The zero-order valence-electron chi connectivity index (χ0n) is 10.6. The molecule has 2 rings (SSSR count). The number of carbonyl (C=O) groups excluding carboxylic acids is 1. The van der Waals surface area contributed by atoms with Gasteiger partial charge >= 0.3 is 5.97 Å². The van der Waals surface area contributed by atoms with Crippen LogP contribution < -0.4 is 0 Å². The maximum absolute atomic E-state index is 13.5. The second-order valence-corrected chi connectivity index (χ2v) is 5.11. The van der Waals surface area contributed by atoms with E-state index in [4.69, 9.17) is 4.74 Å². The number of carbonyl (C=O) groups is 1. The van der Waals surface area contributed by atoms with Gasteiger partial charge in [0.1, 0.15) is 22.7 Å². The average molecular weight is 280 g/mol. The third-order valence-corrected chi connectivity index (χ3v) is 3.25. The highest BCUT2D eigenvalue weighted by molar-refractivity contribution is 8.00. The van der Waals surface area contributed by atoms with Gasteiger partial charge in [0.05, 0.1) is 11.9 Å². The molecule has 0 unspecified atom stereocenters. The Hall–Kier alpha value is -1.69. The Morgan fingerprint density at radius 1 is 1.42 bits per heavy atom. The summed E-state index contributed by atoms with van der Waals surface area (Å²) in [6, 6.07) is 4.67. The van der Waals surface area contributed by atoms with E-state index in [1.165, 1.54) is 24.2 Å². The normalized spacial score (nSPS) is 10.9. The Labute approximate surface area is 114 Å². The minimum Gasteiger partial charge on any atom is -0.462 e. The summed E-state index contributed by atoms with van der Waals surface area (Å²) in [5.41, 5.74) is 0.261. The molecule has 0 saturated carbocycles. The van der Waals surface area contributed by atoms with Crippen molar-refractivity contribution < 1.29 is 13.9 Å². The van der Waals surface area contributed by atoms with Crippen LogP contribution in [0, 0.1) is 5.82 Å². The van der Waals surface area contributed by atoms with Gasteiger partial charge in [0.2, 0.25) is 0 Å². The first-order valence-corrected chi connectivity index (χ1v) is 6.78. The number of aromatic nitrogens is 2. The summed E-state index contributed by atoms with van der Waals surface area (Å²) in [5.74, 6) is -0.574. The maximum atomic E-state index is 13.5. The molecule has 0 saturated heterocycles. The molecule has 100 valence electrons. The molecule has 0 atom stereocenters. The Morgan fingerprint density at radius 3 is 2.95 bits per heavy atom. The number of hydrogen-bond acceptors (Lipinski definition) is 5. The van der Waals surface area contributed by atoms with Crippen LogP contribution in [0.4, 0.5) is 4.39 Å². The van der Waals surface area contributed by atoms with Crippen molar-refractivity contribution in [3.05, 3.63) is 30.3 Å². The smallest absolute Gasteiger partial charge is 0.316 e. The molecular formula is C13H13FN2O2S. The van der Waals surface area contributed by atoms with Crippen LogP contribution in [-0.2, 0) is 9.53 Å². The maximum Gasteiger partial charge on any atom is 0.316 e. The summed E-state index contributed by atoms with van der Waals surface area (Å²) >= 11 is 1.22. The summed E-state index contributed by atoms with van der Waals surface area (Å²) in [6.45, 7) is 3.58. The number of ether oxygens (including phenoxy) is 1. The van der Waals surface area contributed by atoms with E-state index in [1.807, 2.05) is 0 Å². The molecule has 0 aliphatic carbocycles. The molecule has 19 heavy (non-hydrogen) atoms. The Kier molecular flexibility index (Phi) is 4.31. The topological polar surface area (TPSA) is 52.1 Å². The fraction of sp³-hybridized carbons (Fsp3) is 0.308. The van der Waals surface area contributed by atoms with Gasteiger partial charge in [-0.3, -0.25) is 4.79 Å². The lowest BCUT2D eigenvalue weighted by molar-refractivity contribution is -0.144. The summed E-state index contributed by atoms with van der Waals surface area (Å²) in [6.07, 6.45) is 1.15. The second kappa shape index (κ2) is 5.97. The SMILES string of the molecule is CC(C)OC(=O)CSc1ncnc2c(F)cccc12. The van der Waals surface area contributed by atoms with Gasteiger partial charge in [-0.1, -0.05) is 17.8 Å². The van der Waals surface area contributed by atoms with Crippen molar-refractivity contribution in [2.45, 2.75) is 25.0 Å². The highest BCUT2D eigenvalue weighted by atomic mass is 32.2. The highest BCUT2D eigenvalue weighted by Crippen LogP contribution is 2.25. The van der Waals surface area contributed by atoms with E-state index in [0.717, 1.165) is 0 Å². The van der Waals surface area contributed by atoms with E-state index in [0.29, 0.717) is 10.4 Å². The van der Waals surface area contributed by atoms with Gasteiger partial charge in [0.15, 0.2) is 0 Å². The van der Waals surface area contributed by atoms with Crippen molar-refractivity contribution >= 4 is 28.6 Å². The molecule has 4 nitrogen and oxygen atoms in total. The monoisotopic (exact) mass is 280 g/mol. The quantitative estimate of drug-likeness (QED) is 0.489. The molecule has 0 fully saturated rings. The number of esters is 1. The zero-order chi connectivity index (χ0) is 13.8. The Morgan fingerprint density at radius 2 is 2.21 bits per heavy atom. The van der Waals surface area contributed by atoms with Gasteiger partial charge in [-0.15, -0.1) is 0 Å². The number of benzene rings is 1. The third kappa shape index (κ3) is 3.41. The molecule has 0 radical (unpaired) electrons. The largest absolute Gasteiger partial charge is 0.462 e. The van der Waals surface area contributed by atoms with Crippen molar-refractivity contribution in [2.24, 2.45) is 0 Å². The van der Waals surface area contributed by atoms with Crippen molar-refractivity contribution in [3.63, 3.8) is 0 Å². The van der Waals surface area contributed by atoms with Crippen LogP contribution in [-0.4, -0.2) is 27.8 Å². The van der Waals surface area contributed by atoms with Gasteiger partial charge in [-0.2, -0.15) is 0 Å². The lowest BCUT2D eigenvalue weighted by Gasteiger charge is -2.08. The van der Waals surface area contributed by atoms with Crippen molar-refractivity contribution in [1.82, 2.24) is 9.97 Å². The minimum atomic E-state index is -0.397. The number of nitrogens with zero attached hydrogens (tertiary/aromatic N) is 2. The molecule has 1 aromatic heterocycles. The van der Waals surface area contributed by atoms with Crippen molar-refractivity contribution in [1.29, 1.82) is 0 Å². The first-order valence-electron chi connectivity index (χ1n) is 5.79. The molecule has 0 bridgehead atoms. The van der Waals surface area contributed by atoms with Crippen LogP contribution in [0.5, 0.6) is 0 Å². The summed E-state index contributed by atoms with van der Waals surface area (Å²) in [7, 11) is 0. The molecule has 0 spiro atoms. The molecule has 1 heterocycles. The van der Waals surface area contributed by atoms with E-state index >= 15 is 0 Å². The summed E-state index contributed by atoms with van der Waals surface area (Å²) in [4.78, 5) is 19.4. The third-order valence-electron chi connectivity index (χ3n) is 2.27. The van der Waals surface area contributed by atoms with Gasteiger partial charge in [0, 0.05) is 5.39 Å². The zero-order valence-corrected chi connectivity index (χ0v) is 11.4. The van der Waals surface area contributed by atoms with E-state index in [9.17, 15) is 9.18 Å². The van der Waals surface area contributed by atoms with Crippen LogP contribution in [0.1, 0.15) is 13.8 Å². The summed E-state index contributed by atoms with van der Waals surface area (Å²) < 4.78 is 18.6. The van der Waals surface area contributed by atoms with Crippen molar-refractivity contribution in [3.8, 4) is 0 Å². The van der Waals surface area contributed by atoms with E-state index in [1.54, 1.807) is 26.0 Å². The van der Waals surface area contributed by atoms with Gasteiger partial charge < -0.3 is 4.74 Å². The molecule has 0 N–H and O–H groups in total. The summed E-state index contributed by atoms with van der Waals surface area (Å²) in [5, 5.41) is 1.18. The standard InChI is InChI=1S/C13H13FN2O2S/c1-8(2)18-11(17)6-19-13-9-4-3-5-10(14)12(9)15-7-16-13/h3-5,7-8H,6H2,1-2H3. The van der Waals surface area contributed by atoms with Crippen LogP contribution in [0.15, 0.2) is 29.6 Å². The second-order valence-electron chi connectivity index (χ2n) is 4.14. The van der Waals surface area contributed by atoms with Gasteiger partial charge in [0.25, 0.3) is 0 Å². The van der Waals surface area contributed by atoms with Gasteiger partial charge in [-0.05, 0) is 26.0 Å². The first kappa shape index (κ1) is 13.7. The molecule has 0 aliphatic rings. The fourth-order valence-electron chi connectivity index (χ4n) is 1.57. The minimum absolute atomic E-state index is 0.140.